The molecule has 3 N–H and O–H groups in total. The summed E-state index contributed by atoms with van der Waals surface area (Å²) in [6.45, 7) is 0.630. The fourth-order valence-electron chi connectivity index (χ4n) is 1.67. The molecule has 0 saturated heterocycles. The van der Waals surface area contributed by atoms with Crippen LogP contribution in [-0.4, -0.2) is 24.7 Å². The maximum Gasteiger partial charge on any atom is 0.241 e. The van der Waals surface area contributed by atoms with Crippen molar-refractivity contribution in [1.82, 2.24) is 5.32 Å². The van der Waals surface area contributed by atoms with E-state index in [0.717, 1.165) is 12.8 Å². The van der Waals surface area contributed by atoms with E-state index in [2.05, 4.69) is 5.32 Å². The van der Waals surface area contributed by atoms with Crippen molar-refractivity contribution >= 4 is 5.91 Å². The molecule has 1 fully saturated rings. The van der Waals surface area contributed by atoms with Crippen molar-refractivity contribution in [3.63, 3.8) is 0 Å². The zero-order valence-corrected chi connectivity index (χ0v) is 8.21. The molecule has 0 unspecified atom stereocenters. The number of primary amides is 1. The minimum atomic E-state index is -0.616. The molecule has 0 spiro atoms. The lowest BCUT2D eigenvalue weighted by molar-refractivity contribution is -0.113. The van der Waals surface area contributed by atoms with Crippen LogP contribution in [-0.2, 0) is 4.79 Å². The number of carbonyl (C=O) groups is 1. The van der Waals surface area contributed by atoms with Crippen LogP contribution in [0.25, 0.3) is 0 Å². The van der Waals surface area contributed by atoms with Crippen LogP contribution in [0, 0.1) is 0 Å². The topological polar surface area (TPSA) is 55.1 Å². The van der Waals surface area contributed by atoms with Gasteiger partial charge in [-0.2, -0.15) is 0 Å². The van der Waals surface area contributed by atoms with Crippen molar-refractivity contribution in [3.8, 4) is 0 Å². The molecule has 0 aromatic carbocycles. The predicted octanol–water partition coefficient (Wildman–Crippen LogP) is 0.898. The van der Waals surface area contributed by atoms with Crippen molar-refractivity contribution in [3.05, 3.63) is 12.2 Å². The highest BCUT2D eigenvalue weighted by atomic mass is 19.1. The number of hydrogen-bond acceptors (Lipinski definition) is 2. The van der Waals surface area contributed by atoms with Gasteiger partial charge in [0.05, 0.1) is 0 Å². The smallest absolute Gasteiger partial charge is 0.241 e. The summed E-state index contributed by atoms with van der Waals surface area (Å²) >= 11 is 0. The van der Waals surface area contributed by atoms with Gasteiger partial charge in [0.1, 0.15) is 6.17 Å². The second-order valence-corrected chi connectivity index (χ2v) is 3.66. The van der Waals surface area contributed by atoms with Gasteiger partial charge in [-0.15, -0.1) is 0 Å². The summed E-state index contributed by atoms with van der Waals surface area (Å²) in [6.07, 6.45) is 5.48. The number of rotatable bonds is 4. The molecule has 1 rings (SSSR count). The quantitative estimate of drug-likeness (QED) is 0.662. The van der Waals surface area contributed by atoms with Crippen molar-refractivity contribution in [2.75, 3.05) is 6.54 Å². The third kappa shape index (κ3) is 4.37. The summed E-state index contributed by atoms with van der Waals surface area (Å²) < 4.78 is 12.7. The molecular formula is C10H17FN2O. The molecule has 80 valence electrons. The third-order valence-corrected chi connectivity index (χ3v) is 2.46. The van der Waals surface area contributed by atoms with E-state index in [1.54, 1.807) is 6.08 Å². The zero-order valence-electron chi connectivity index (χ0n) is 8.21. The van der Waals surface area contributed by atoms with Crippen molar-refractivity contribution in [2.24, 2.45) is 5.73 Å². The van der Waals surface area contributed by atoms with Crippen LogP contribution >= 0.6 is 0 Å². The molecule has 0 atom stereocenters. The Labute approximate surface area is 83.5 Å². The SMILES string of the molecule is NC(=O)C=CCNC1CCC(F)CC1. The minimum Gasteiger partial charge on any atom is -0.366 e. The highest BCUT2D eigenvalue weighted by Crippen LogP contribution is 2.20. The van der Waals surface area contributed by atoms with Gasteiger partial charge in [-0.3, -0.25) is 4.79 Å². The highest BCUT2D eigenvalue weighted by Gasteiger charge is 2.19. The average Bonchev–Trinajstić information content (AvgIpc) is 2.15. The van der Waals surface area contributed by atoms with Crippen LogP contribution in [0.3, 0.4) is 0 Å². The Morgan fingerprint density at radius 3 is 2.64 bits per heavy atom. The molecule has 0 heterocycles. The summed E-state index contributed by atoms with van der Waals surface area (Å²) in [6, 6.07) is 0.388. The maximum atomic E-state index is 12.7. The molecule has 1 aliphatic rings. The molecule has 0 aromatic heterocycles. The van der Waals surface area contributed by atoms with Gasteiger partial charge < -0.3 is 11.1 Å². The zero-order chi connectivity index (χ0) is 10.4. The summed E-state index contributed by atoms with van der Waals surface area (Å²) in [4.78, 5) is 10.4. The summed E-state index contributed by atoms with van der Waals surface area (Å²) in [5, 5.41) is 3.24. The van der Waals surface area contributed by atoms with Crippen LogP contribution in [0.2, 0.25) is 0 Å². The number of amides is 1. The van der Waals surface area contributed by atoms with Gasteiger partial charge in [-0.05, 0) is 31.8 Å². The largest absolute Gasteiger partial charge is 0.366 e. The van der Waals surface area contributed by atoms with Crippen molar-refractivity contribution in [1.29, 1.82) is 0 Å². The average molecular weight is 200 g/mol. The van der Waals surface area contributed by atoms with Gasteiger partial charge in [0, 0.05) is 12.6 Å². The Balaban J connectivity index is 2.10. The van der Waals surface area contributed by atoms with Gasteiger partial charge in [0.25, 0.3) is 0 Å². The van der Waals surface area contributed by atoms with E-state index in [0.29, 0.717) is 25.4 Å². The summed E-state index contributed by atoms with van der Waals surface area (Å²) in [5.74, 6) is -0.431. The standard InChI is InChI=1S/C10H17FN2O/c11-8-3-5-9(6-4-8)13-7-1-2-10(12)14/h1-2,8-9,13H,3-7H2,(H2,12,14). The van der Waals surface area contributed by atoms with Crippen molar-refractivity contribution < 1.29 is 9.18 Å². The Hall–Kier alpha value is -0.900. The molecule has 1 aliphatic carbocycles. The second-order valence-electron chi connectivity index (χ2n) is 3.66. The number of nitrogens with two attached hydrogens (primary N) is 1. The van der Waals surface area contributed by atoms with Gasteiger partial charge in [-0.1, -0.05) is 6.08 Å². The molecule has 0 radical (unpaired) electrons. The Morgan fingerprint density at radius 1 is 1.43 bits per heavy atom. The van der Waals surface area contributed by atoms with Crippen LogP contribution in [0.5, 0.6) is 0 Å². The summed E-state index contributed by atoms with van der Waals surface area (Å²) in [5.41, 5.74) is 4.93. The number of hydrogen-bond donors (Lipinski definition) is 2. The lowest BCUT2D eigenvalue weighted by Crippen LogP contribution is -2.33. The molecule has 1 amide bonds. The number of carbonyl (C=O) groups excluding carboxylic acids is 1. The van der Waals surface area contributed by atoms with E-state index in [4.69, 9.17) is 5.73 Å². The molecule has 0 bridgehead atoms. The number of halogens is 1. The predicted molar refractivity (Wildman–Crippen MR) is 53.5 cm³/mol. The van der Waals surface area contributed by atoms with Crippen LogP contribution < -0.4 is 11.1 Å². The lowest BCUT2D eigenvalue weighted by atomic mass is 9.94. The van der Waals surface area contributed by atoms with Gasteiger partial charge in [0.15, 0.2) is 0 Å². The molecular weight excluding hydrogens is 183 g/mol. The molecule has 4 heteroatoms. The normalized spacial score (nSPS) is 28.1. The highest BCUT2D eigenvalue weighted by molar-refractivity contribution is 5.85. The van der Waals surface area contributed by atoms with E-state index in [9.17, 15) is 9.18 Å². The molecule has 0 aliphatic heterocycles. The minimum absolute atomic E-state index is 0.388. The first-order valence-electron chi connectivity index (χ1n) is 5.02. The van der Waals surface area contributed by atoms with E-state index >= 15 is 0 Å². The third-order valence-electron chi connectivity index (χ3n) is 2.46. The first-order valence-corrected chi connectivity index (χ1v) is 5.02. The van der Waals surface area contributed by atoms with Crippen molar-refractivity contribution in [2.45, 2.75) is 37.9 Å². The fraction of sp³-hybridized carbons (Fsp3) is 0.700. The van der Waals surface area contributed by atoms with Crippen LogP contribution in [0.15, 0.2) is 12.2 Å². The van der Waals surface area contributed by atoms with E-state index in [1.165, 1.54) is 6.08 Å². The fourth-order valence-corrected chi connectivity index (χ4v) is 1.67. The number of alkyl halides is 1. The van der Waals surface area contributed by atoms with E-state index < -0.39 is 12.1 Å². The Bertz CT molecular complexity index is 210. The molecule has 0 aromatic rings. The van der Waals surface area contributed by atoms with Crippen LogP contribution in [0.4, 0.5) is 4.39 Å². The molecule has 14 heavy (non-hydrogen) atoms. The molecule has 1 saturated carbocycles. The monoisotopic (exact) mass is 200 g/mol. The van der Waals surface area contributed by atoms with Gasteiger partial charge in [-0.25, -0.2) is 4.39 Å². The van der Waals surface area contributed by atoms with Gasteiger partial charge >= 0.3 is 0 Å². The first-order chi connectivity index (χ1) is 6.68. The Kier molecular flexibility index (Phi) is 4.59. The maximum absolute atomic E-state index is 12.7. The lowest BCUT2D eigenvalue weighted by Gasteiger charge is -2.24. The van der Waals surface area contributed by atoms with Crippen LogP contribution in [0.1, 0.15) is 25.7 Å². The van der Waals surface area contributed by atoms with E-state index in [-0.39, 0.29) is 0 Å². The summed E-state index contributed by atoms with van der Waals surface area (Å²) in [7, 11) is 0. The van der Waals surface area contributed by atoms with E-state index in [1.807, 2.05) is 0 Å². The first kappa shape index (κ1) is 11.2. The molecule has 3 nitrogen and oxygen atoms in total. The number of nitrogens with one attached hydrogen (secondary N) is 1. The Morgan fingerprint density at radius 2 is 2.07 bits per heavy atom. The second kappa shape index (κ2) is 5.75. The van der Waals surface area contributed by atoms with Gasteiger partial charge in [0.2, 0.25) is 5.91 Å².